The van der Waals surface area contributed by atoms with E-state index in [0.717, 1.165) is 0 Å². The van der Waals surface area contributed by atoms with Crippen LogP contribution in [0.4, 0.5) is 8.78 Å². The Labute approximate surface area is 94.1 Å². The average Bonchev–Trinajstić information content (AvgIpc) is 2.17. The van der Waals surface area contributed by atoms with Gasteiger partial charge in [-0.1, -0.05) is 0 Å². The topological polar surface area (TPSA) is 47.3 Å². The first-order chi connectivity index (χ1) is 7.02. The first-order valence-electron chi connectivity index (χ1n) is 4.93. The first kappa shape index (κ1) is 15.1. The van der Waals surface area contributed by atoms with Gasteiger partial charge in [0.1, 0.15) is 6.61 Å². The minimum absolute atomic E-state index is 0.185. The first-order valence-corrected chi connectivity index (χ1v) is 6.22. The minimum atomic E-state index is -2.76. The van der Waals surface area contributed by atoms with Crippen molar-refractivity contribution in [2.24, 2.45) is 5.73 Å². The molecule has 1 unspecified atom stereocenters. The maximum Gasteiger partial charge on any atom is 0.272 e. The summed E-state index contributed by atoms with van der Waals surface area (Å²) < 4.78 is 30.9. The van der Waals surface area contributed by atoms with E-state index in [9.17, 15) is 8.78 Å². The fraction of sp³-hybridized carbons (Fsp3) is 1.00. The second-order valence-corrected chi connectivity index (χ2v) is 4.46. The van der Waals surface area contributed by atoms with E-state index in [1.807, 2.05) is 13.2 Å². The van der Waals surface area contributed by atoms with E-state index in [4.69, 9.17) is 10.5 Å². The molecule has 1 atom stereocenters. The van der Waals surface area contributed by atoms with Crippen molar-refractivity contribution in [1.29, 1.82) is 0 Å². The fourth-order valence-electron chi connectivity index (χ4n) is 0.919. The molecule has 3 N–H and O–H groups in total. The highest BCUT2D eigenvalue weighted by Gasteiger charge is 2.28. The SMILES string of the molecule is CSC(C)NCCC(F)(F)COCCN. The summed E-state index contributed by atoms with van der Waals surface area (Å²) in [6.45, 7) is 2.15. The number of ether oxygens (including phenoxy) is 1. The largest absolute Gasteiger partial charge is 0.374 e. The van der Waals surface area contributed by atoms with Gasteiger partial charge in [0.2, 0.25) is 0 Å². The number of nitrogens with two attached hydrogens (primary N) is 1. The molecular weight excluding hydrogens is 222 g/mol. The number of hydrogen-bond donors (Lipinski definition) is 2. The molecule has 0 aromatic carbocycles. The van der Waals surface area contributed by atoms with Gasteiger partial charge in [0.15, 0.2) is 0 Å². The Morgan fingerprint density at radius 2 is 2.20 bits per heavy atom. The van der Waals surface area contributed by atoms with Crippen LogP contribution in [0.3, 0.4) is 0 Å². The quantitative estimate of drug-likeness (QED) is 0.472. The van der Waals surface area contributed by atoms with Gasteiger partial charge in [0.05, 0.1) is 12.0 Å². The van der Waals surface area contributed by atoms with Gasteiger partial charge in [-0.2, -0.15) is 0 Å². The van der Waals surface area contributed by atoms with Crippen molar-refractivity contribution in [3.63, 3.8) is 0 Å². The molecule has 3 nitrogen and oxygen atoms in total. The molecule has 0 aromatic rings. The van der Waals surface area contributed by atoms with Crippen molar-refractivity contribution < 1.29 is 13.5 Å². The van der Waals surface area contributed by atoms with Crippen LogP contribution in [0, 0.1) is 0 Å². The molecule has 0 spiro atoms. The molecule has 0 rings (SSSR count). The molecule has 0 bridgehead atoms. The molecule has 6 heteroatoms. The van der Waals surface area contributed by atoms with Crippen LogP contribution >= 0.6 is 11.8 Å². The minimum Gasteiger partial charge on any atom is -0.374 e. The number of nitrogens with one attached hydrogen (secondary N) is 1. The van der Waals surface area contributed by atoms with Crippen molar-refractivity contribution in [3.8, 4) is 0 Å². The van der Waals surface area contributed by atoms with Crippen LogP contribution < -0.4 is 11.1 Å². The van der Waals surface area contributed by atoms with Gasteiger partial charge in [0, 0.05) is 19.5 Å². The third-order valence-electron chi connectivity index (χ3n) is 1.85. The van der Waals surface area contributed by atoms with E-state index in [1.54, 1.807) is 11.8 Å². The van der Waals surface area contributed by atoms with Crippen LogP contribution in [0.1, 0.15) is 13.3 Å². The predicted octanol–water partition coefficient (Wildman–Crippen LogP) is 1.29. The van der Waals surface area contributed by atoms with Crippen molar-refractivity contribution in [1.82, 2.24) is 5.32 Å². The summed E-state index contributed by atoms with van der Waals surface area (Å²) in [6, 6.07) is 0. The maximum absolute atomic E-state index is 13.1. The van der Waals surface area contributed by atoms with E-state index in [0.29, 0.717) is 6.54 Å². The zero-order valence-corrected chi connectivity index (χ0v) is 10.1. The molecular formula is C9H20F2N2OS. The van der Waals surface area contributed by atoms with E-state index in [-0.39, 0.29) is 24.9 Å². The molecule has 0 amide bonds. The van der Waals surface area contributed by atoms with Gasteiger partial charge in [-0.05, 0) is 13.2 Å². The Bertz CT molecular complexity index is 161. The summed E-state index contributed by atoms with van der Waals surface area (Å²) in [4.78, 5) is 0. The Kier molecular flexibility index (Phi) is 8.32. The number of alkyl halides is 2. The van der Waals surface area contributed by atoms with Gasteiger partial charge < -0.3 is 15.8 Å². The predicted molar refractivity (Wildman–Crippen MR) is 60.4 cm³/mol. The summed E-state index contributed by atoms with van der Waals surface area (Å²) in [5.41, 5.74) is 5.13. The van der Waals surface area contributed by atoms with Gasteiger partial charge in [-0.25, -0.2) is 8.78 Å². The second-order valence-electron chi connectivity index (χ2n) is 3.28. The summed E-state index contributed by atoms with van der Waals surface area (Å²) in [5.74, 6) is -2.76. The van der Waals surface area contributed by atoms with Crippen LogP contribution in [0.15, 0.2) is 0 Å². The summed E-state index contributed by atoms with van der Waals surface area (Å²) >= 11 is 1.59. The number of halogens is 2. The van der Waals surface area contributed by atoms with E-state index < -0.39 is 12.5 Å². The molecule has 0 heterocycles. The second kappa shape index (κ2) is 8.27. The third kappa shape index (κ3) is 9.04. The molecule has 0 aliphatic carbocycles. The number of thioether (sulfide) groups is 1. The van der Waals surface area contributed by atoms with Crippen LogP contribution in [-0.4, -0.2) is 43.9 Å². The van der Waals surface area contributed by atoms with E-state index in [1.165, 1.54) is 0 Å². The summed E-state index contributed by atoms with van der Waals surface area (Å²) in [7, 11) is 0. The lowest BCUT2D eigenvalue weighted by molar-refractivity contribution is -0.0799. The molecule has 92 valence electrons. The lowest BCUT2D eigenvalue weighted by atomic mass is 10.2. The smallest absolute Gasteiger partial charge is 0.272 e. The molecule has 0 aliphatic rings. The average molecular weight is 242 g/mol. The molecule has 15 heavy (non-hydrogen) atoms. The van der Waals surface area contributed by atoms with Crippen molar-refractivity contribution in [2.45, 2.75) is 24.6 Å². The molecule has 0 fully saturated rings. The van der Waals surface area contributed by atoms with Crippen molar-refractivity contribution >= 4 is 11.8 Å². The highest BCUT2D eigenvalue weighted by atomic mass is 32.2. The van der Waals surface area contributed by atoms with Crippen LogP contribution in [0.2, 0.25) is 0 Å². The highest BCUT2D eigenvalue weighted by Crippen LogP contribution is 2.18. The number of rotatable bonds is 9. The van der Waals surface area contributed by atoms with Crippen LogP contribution in [-0.2, 0) is 4.74 Å². The third-order valence-corrected chi connectivity index (χ3v) is 2.73. The molecule has 0 radical (unpaired) electrons. The Morgan fingerprint density at radius 1 is 1.53 bits per heavy atom. The normalized spacial score (nSPS) is 14.2. The molecule has 0 aromatic heterocycles. The van der Waals surface area contributed by atoms with E-state index >= 15 is 0 Å². The monoisotopic (exact) mass is 242 g/mol. The van der Waals surface area contributed by atoms with Gasteiger partial charge in [-0.3, -0.25) is 0 Å². The summed E-state index contributed by atoms with van der Waals surface area (Å²) in [5, 5.41) is 3.18. The lowest BCUT2D eigenvalue weighted by Gasteiger charge is -2.18. The lowest BCUT2D eigenvalue weighted by Crippen LogP contribution is -2.32. The molecule has 0 saturated carbocycles. The van der Waals surface area contributed by atoms with Crippen molar-refractivity contribution in [3.05, 3.63) is 0 Å². The van der Waals surface area contributed by atoms with Gasteiger partial charge in [0.25, 0.3) is 5.92 Å². The van der Waals surface area contributed by atoms with Crippen LogP contribution in [0.5, 0.6) is 0 Å². The fourth-order valence-corrected chi connectivity index (χ4v) is 1.20. The standard InChI is InChI=1S/C9H20F2N2OS/c1-8(15-2)13-5-3-9(10,11)7-14-6-4-12/h8,13H,3-7,12H2,1-2H3. The zero-order chi connectivity index (χ0) is 11.7. The maximum atomic E-state index is 13.1. The van der Waals surface area contributed by atoms with Crippen molar-refractivity contribution in [2.75, 3.05) is 32.6 Å². The molecule has 0 aliphatic heterocycles. The van der Waals surface area contributed by atoms with E-state index in [2.05, 4.69) is 5.32 Å². The Balaban J connectivity index is 3.54. The summed E-state index contributed by atoms with van der Waals surface area (Å²) in [6.07, 6.45) is 1.72. The Hall–Kier alpha value is 0.0900. The molecule has 0 saturated heterocycles. The number of hydrogen-bond acceptors (Lipinski definition) is 4. The van der Waals surface area contributed by atoms with Gasteiger partial charge >= 0.3 is 0 Å². The zero-order valence-electron chi connectivity index (χ0n) is 9.26. The van der Waals surface area contributed by atoms with Gasteiger partial charge in [-0.15, -0.1) is 11.8 Å². The Morgan fingerprint density at radius 3 is 2.73 bits per heavy atom. The van der Waals surface area contributed by atoms with Crippen LogP contribution in [0.25, 0.3) is 0 Å². The highest BCUT2D eigenvalue weighted by molar-refractivity contribution is 7.99.